The predicted octanol–water partition coefficient (Wildman–Crippen LogP) is 5.51. The van der Waals surface area contributed by atoms with E-state index in [1.165, 1.54) is 38.5 Å². The molecule has 2 fully saturated rings. The monoisotopic (exact) mass is 516 g/mol. The highest BCUT2D eigenvalue weighted by Crippen LogP contribution is 2.31. The summed E-state index contributed by atoms with van der Waals surface area (Å²) in [6.07, 6.45) is 12.5. The highest BCUT2D eigenvalue weighted by molar-refractivity contribution is 5.94. The van der Waals surface area contributed by atoms with Crippen molar-refractivity contribution in [2.75, 3.05) is 13.7 Å². The summed E-state index contributed by atoms with van der Waals surface area (Å²) in [4.78, 5) is 33.8. The Morgan fingerprint density at radius 1 is 0.921 bits per heavy atom. The van der Waals surface area contributed by atoms with Gasteiger partial charge in [-0.25, -0.2) is 4.98 Å². The lowest BCUT2D eigenvalue weighted by atomic mass is 9.88. The fourth-order valence-electron chi connectivity index (χ4n) is 6.27. The van der Waals surface area contributed by atoms with Gasteiger partial charge < -0.3 is 19.5 Å². The van der Waals surface area contributed by atoms with Gasteiger partial charge in [0.1, 0.15) is 18.1 Å². The van der Waals surface area contributed by atoms with Gasteiger partial charge >= 0.3 is 0 Å². The van der Waals surface area contributed by atoms with Crippen LogP contribution in [0.1, 0.15) is 80.4 Å². The van der Waals surface area contributed by atoms with Crippen LogP contribution in [0.15, 0.2) is 48.5 Å². The van der Waals surface area contributed by atoms with Crippen LogP contribution in [0.25, 0.3) is 11.0 Å². The Morgan fingerprint density at radius 3 is 2.18 bits per heavy atom. The second-order valence-electron chi connectivity index (χ2n) is 10.7. The Bertz CT molecular complexity index is 1210. The fourth-order valence-corrected chi connectivity index (χ4v) is 6.27. The van der Waals surface area contributed by atoms with Crippen LogP contribution in [0.3, 0.4) is 0 Å². The number of nitrogens with zero attached hydrogens (tertiary/aromatic N) is 3. The molecule has 2 aliphatic rings. The average molecular weight is 517 g/mol. The number of nitrogens with one attached hydrogen (secondary N) is 1. The quantitative estimate of drug-likeness (QED) is 0.407. The Kier molecular flexibility index (Phi) is 8.61. The molecular formula is C31H40N4O3. The van der Waals surface area contributed by atoms with Gasteiger partial charge in [-0.1, -0.05) is 50.7 Å². The lowest BCUT2D eigenvalue weighted by molar-refractivity contribution is -0.138. The van der Waals surface area contributed by atoms with Gasteiger partial charge in [-0.05, 0) is 62.1 Å². The minimum absolute atomic E-state index is 0.132. The van der Waals surface area contributed by atoms with Crippen LogP contribution in [0, 0.1) is 0 Å². The van der Waals surface area contributed by atoms with E-state index in [-0.39, 0.29) is 11.8 Å². The van der Waals surface area contributed by atoms with E-state index in [1.807, 2.05) is 24.3 Å². The number of benzene rings is 2. The van der Waals surface area contributed by atoms with Crippen molar-refractivity contribution in [3.8, 4) is 5.75 Å². The van der Waals surface area contributed by atoms with Crippen molar-refractivity contribution in [1.82, 2.24) is 19.8 Å². The highest BCUT2D eigenvalue weighted by Gasteiger charge is 2.33. The second-order valence-corrected chi connectivity index (χ2v) is 10.7. The third-order valence-electron chi connectivity index (χ3n) is 8.24. The number of hydrogen-bond acceptors (Lipinski definition) is 4. The van der Waals surface area contributed by atoms with Crippen LogP contribution in [0.4, 0.5) is 0 Å². The van der Waals surface area contributed by atoms with Gasteiger partial charge in [0.25, 0.3) is 5.91 Å². The number of rotatable bonds is 9. The molecule has 7 nitrogen and oxygen atoms in total. The Morgan fingerprint density at radius 2 is 1.55 bits per heavy atom. The summed E-state index contributed by atoms with van der Waals surface area (Å²) in [5, 5.41) is 3.01. The molecule has 2 aliphatic carbocycles. The van der Waals surface area contributed by atoms with Gasteiger partial charge in [-0.15, -0.1) is 0 Å². The van der Waals surface area contributed by atoms with Gasteiger partial charge in [0.05, 0.1) is 18.1 Å². The molecule has 38 heavy (non-hydrogen) atoms. The Labute approximate surface area is 225 Å². The first-order chi connectivity index (χ1) is 18.6. The van der Waals surface area contributed by atoms with E-state index in [1.54, 1.807) is 31.4 Å². The number of para-hydroxylation sites is 2. The molecule has 0 bridgehead atoms. The number of aromatic nitrogens is 2. The molecule has 0 atom stereocenters. The van der Waals surface area contributed by atoms with Gasteiger partial charge in [-0.3, -0.25) is 9.59 Å². The van der Waals surface area contributed by atoms with Crippen molar-refractivity contribution in [3.63, 3.8) is 0 Å². The van der Waals surface area contributed by atoms with Crippen LogP contribution < -0.4 is 10.1 Å². The van der Waals surface area contributed by atoms with E-state index in [4.69, 9.17) is 9.72 Å². The summed E-state index contributed by atoms with van der Waals surface area (Å²) in [6.45, 7) is 0.743. The molecule has 1 aromatic heterocycles. The molecule has 0 aliphatic heterocycles. The lowest BCUT2D eigenvalue weighted by Gasteiger charge is -2.42. The number of methoxy groups -OCH3 is 1. The molecule has 0 saturated heterocycles. The summed E-state index contributed by atoms with van der Waals surface area (Å²) in [5.74, 6) is 1.64. The van der Waals surface area contributed by atoms with Gasteiger partial charge in [0.15, 0.2) is 0 Å². The molecule has 202 valence electrons. The van der Waals surface area contributed by atoms with Crippen molar-refractivity contribution in [3.05, 3.63) is 59.9 Å². The summed E-state index contributed by atoms with van der Waals surface area (Å²) in [5.41, 5.74) is 2.45. The first-order valence-corrected chi connectivity index (χ1v) is 14.3. The number of ether oxygens (including phenoxy) is 1. The predicted molar refractivity (Wildman–Crippen MR) is 149 cm³/mol. The van der Waals surface area contributed by atoms with E-state index in [2.05, 4.69) is 14.8 Å². The number of fused-ring (bicyclic) bond motifs is 1. The molecule has 0 radical (unpaired) electrons. The van der Waals surface area contributed by atoms with Crippen LogP contribution in [-0.2, 0) is 17.8 Å². The van der Waals surface area contributed by atoms with E-state index < -0.39 is 0 Å². The highest BCUT2D eigenvalue weighted by atomic mass is 16.5. The normalized spacial score (nSPS) is 16.9. The van der Waals surface area contributed by atoms with Gasteiger partial charge in [0, 0.05) is 30.6 Å². The molecule has 0 spiro atoms. The van der Waals surface area contributed by atoms with Crippen molar-refractivity contribution in [1.29, 1.82) is 0 Å². The zero-order valence-electron chi connectivity index (χ0n) is 22.5. The molecule has 7 heteroatoms. The largest absolute Gasteiger partial charge is 0.497 e. The van der Waals surface area contributed by atoms with E-state index in [0.717, 1.165) is 48.3 Å². The standard InChI is InChI=1S/C31H40N4O3/c1-38-26-18-16-23(17-19-26)31(37)32-21-20-29-33-27-14-8-9-15-28(27)34(29)22-30(36)35(24-10-4-2-5-11-24)25-12-6-3-7-13-25/h8-9,14-19,24-25H,2-7,10-13,20-22H2,1H3,(H,32,37). The summed E-state index contributed by atoms with van der Waals surface area (Å²) in [7, 11) is 1.61. The van der Waals surface area contributed by atoms with E-state index in [0.29, 0.717) is 37.2 Å². The van der Waals surface area contributed by atoms with Gasteiger partial charge in [0.2, 0.25) is 5.91 Å². The molecule has 1 N–H and O–H groups in total. The van der Waals surface area contributed by atoms with E-state index >= 15 is 0 Å². The Balaban J connectivity index is 1.32. The summed E-state index contributed by atoms with van der Waals surface area (Å²) < 4.78 is 7.26. The maximum Gasteiger partial charge on any atom is 0.251 e. The van der Waals surface area contributed by atoms with E-state index in [9.17, 15) is 9.59 Å². The molecule has 5 rings (SSSR count). The van der Waals surface area contributed by atoms with Crippen molar-refractivity contribution < 1.29 is 14.3 Å². The molecular weight excluding hydrogens is 476 g/mol. The first kappa shape index (κ1) is 26.3. The molecule has 2 amide bonds. The molecule has 1 heterocycles. The smallest absolute Gasteiger partial charge is 0.251 e. The van der Waals surface area contributed by atoms with Crippen LogP contribution in [-0.4, -0.2) is 52.0 Å². The van der Waals surface area contributed by atoms with Crippen LogP contribution in [0.5, 0.6) is 5.75 Å². The number of amides is 2. The summed E-state index contributed by atoms with van der Waals surface area (Å²) >= 11 is 0. The SMILES string of the molecule is COc1ccc(C(=O)NCCc2nc3ccccc3n2CC(=O)N(C2CCCCC2)C2CCCCC2)cc1. The average Bonchev–Trinajstić information content (AvgIpc) is 3.31. The zero-order valence-corrected chi connectivity index (χ0v) is 22.5. The summed E-state index contributed by atoms with van der Waals surface area (Å²) in [6, 6.07) is 15.8. The molecule has 2 aromatic carbocycles. The van der Waals surface area contributed by atoms with Crippen LogP contribution >= 0.6 is 0 Å². The number of carbonyl (C=O) groups excluding carboxylic acids is 2. The zero-order chi connectivity index (χ0) is 26.3. The van der Waals surface area contributed by atoms with Crippen molar-refractivity contribution in [2.24, 2.45) is 0 Å². The number of hydrogen-bond donors (Lipinski definition) is 1. The molecule has 3 aromatic rings. The fraction of sp³-hybridized carbons (Fsp3) is 0.516. The number of imidazole rings is 1. The van der Waals surface area contributed by atoms with Crippen LogP contribution in [0.2, 0.25) is 0 Å². The minimum atomic E-state index is -0.132. The van der Waals surface area contributed by atoms with Crippen molar-refractivity contribution in [2.45, 2.75) is 89.3 Å². The third-order valence-corrected chi connectivity index (χ3v) is 8.24. The van der Waals surface area contributed by atoms with Crippen molar-refractivity contribution >= 4 is 22.8 Å². The number of carbonyl (C=O) groups is 2. The lowest BCUT2D eigenvalue weighted by Crippen LogP contribution is -2.50. The Hall–Kier alpha value is -3.35. The third kappa shape index (κ3) is 6.03. The van der Waals surface area contributed by atoms with Gasteiger partial charge in [-0.2, -0.15) is 0 Å². The maximum absolute atomic E-state index is 14.0. The second kappa shape index (κ2) is 12.5. The minimum Gasteiger partial charge on any atom is -0.497 e. The maximum atomic E-state index is 14.0. The topological polar surface area (TPSA) is 76.5 Å². The molecule has 0 unspecified atom stereocenters. The first-order valence-electron chi connectivity index (χ1n) is 14.3. The molecule has 2 saturated carbocycles.